The molecule has 0 aromatic heterocycles. The van der Waals surface area contributed by atoms with E-state index in [4.69, 9.17) is 0 Å². The van der Waals surface area contributed by atoms with E-state index in [9.17, 15) is 9.59 Å². The number of nitrogens with one attached hydrogen (secondary N) is 2. The smallest absolute Gasteiger partial charge is 0.228 e. The van der Waals surface area contributed by atoms with Gasteiger partial charge in [0.05, 0.1) is 11.8 Å². The number of hydrogen-bond acceptors (Lipinski definition) is 2. The first-order valence-electron chi connectivity index (χ1n) is 8.73. The molecule has 3 rings (SSSR count). The fourth-order valence-corrected chi connectivity index (χ4v) is 3.38. The molecule has 2 amide bonds. The Labute approximate surface area is 138 Å². The number of rotatable bonds is 4. The quantitative estimate of drug-likeness (QED) is 0.895. The van der Waals surface area contributed by atoms with Crippen molar-refractivity contribution in [3.8, 4) is 0 Å². The van der Waals surface area contributed by atoms with Gasteiger partial charge in [-0.1, -0.05) is 25.3 Å². The van der Waals surface area contributed by atoms with Crippen molar-refractivity contribution in [3.05, 3.63) is 29.3 Å². The van der Waals surface area contributed by atoms with Crippen LogP contribution in [0.15, 0.2) is 18.2 Å². The van der Waals surface area contributed by atoms with Gasteiger partial charge in [0.25, 0.3) is 0 Å². The summed E-state index contributed by atoms with van der Waals surface area (Å²) in [5.41, 5.74) is 3.18. The number of anilines is 1. The Balaban J connectivity index is 1.49. The van der Waals surface area contributed by atoms with E-state index in [0.717, 1.165) is 24.1 Å². The summed E-state index contributed by atoms with van der Waals surface area (Å²) in [5.74, 6) is -0.266. The fourth-order valence-electron chi connectivity index (χ4n) is 3.38. The maximum absolute atomic E-state index is 12.3. The number of benzene rings is 1. The van der Waals surface area contributed by atoms with Gasteiger partial charge in [-0.25, -0.2) is 0 Å². The second kappa shape index (κ2) is 6.73. The second-order valence-corrected chi connectivity index (χ2v) is 7.08. The summed E-state index contributed by atoms with van der Waals surface area (Å²) in [6.07, 6.45) is 6.51. The molecular formula is C19H26N2O2. The molecule has 0 spiro atoms. The Kier molecular flexibility index (Phi) is 4.69. The third-order valence-electron chi connectivity index (χ3n) is 5.19. The van der Waals surface area contributed by atoms with E-state index in [1.165, 1.54) is 24.8 Å². The van der Waals surface area contributed by atoms with Gasteiger partial charge in [-0.3, -0.25) is 9.59 Å². The van der Waals surface area contributed by atoms with Crippen LogP contribution in [0.5, 0.6) is 0 Å². The average molecular weight is 314 g/mol. The van der Waals surface area contributed by atoms with Gasteiger partial charge in [0, 0.05) is 11.7 Å². The summed E-state index contributed by atoms with van der Waals surface area (Å²) in [7, 11) is 0. The highest BCUT2D eigenvalue weighted by Gasteiger charge is 2.48. The first-order valence-corrected chi connectivity index (χ1v) is 8.73. The largest absolute Gasteiger partial charge is 0.353 e. The van der Waals surface area contributed by atoms with Crippen LogP contribution in [0.4, 0.5) is 5.69 Å². The van der Waals surface area contributed by atoms with E-state index >= 15 is 0 Å². The van der Waals surface area contributed by atoms with Crippen LogP contribution in [0.2, 0.25) is 0 Å². The number of amides is 2. The van der Waals surface area contributed by atoms with Crippen LogP contribution in [-0.4, -0.2) is 17.9 Å². The molecule has 4 heteroatoms. The van der Waals surface area contributed by atoms with E-state index in [1.807, 2.05) is 32.0 Å². The Morgan fingerprint density at radius 3 is 2.35 bits per heavy atom. The third-order valence-corrected chi connectivity index (χ3v) is 5.19. The average Bonchev–Trinajstić information content (AvgIpc) is 3.33. The zero-order chi connectivity index (χ0) is 16.4. The van der Waals surface area contributed by atoms with Crippen LogP contribution < -0.4 is 10.6 Å². The second-order valence-electron chi connectivity index (χ2n) is 7.08. The molecule has 2 unspecified atom stereocenters. The third kappa shape index (κ3) is 3.92. The molecule has 124 valence electrons. The lowest BCUT2D eigenvalue weighted by atomic mass is 9.95. The van der Waals surface area contributed by atoms with E-state index in [2.05, 4.69) is 10.6 Å². The molecule has 0 bridgehead atoms. The zero-order valence-electron chi connectivity index (χ0n) is 14.0. The van der Waals surface area contributed by atoms with Crippen LogP contribution in [0, 0.1) is 25.7 Å². The van der Waals surface area contributed by atoms with E-state index in [-0.39, 0.29) is 23.7 Å². The van der Waals surface area contributed by atoms with Crippen LogP contribution >= 0.6 is 0 Å². The number of aryl methyl sites for hydroxylation is 2. The van der Waals surface area contributed by atoms with Gasteiger partial charge in [-0.15, -0.1) is 0 Å². The molecule has 0 radical (unpaired) electrons. The first-order chi connectivity index (χ1) is 11.0. The highest BCUT2D eigenvalue weighted by molar-refractivity contribution is 5.99. The van der Waals surface area contributed by atoms with Crippen molar-refractivity contribution >= 4 is 17.5 Å². The van der Waals surface area contributed by atoms with Crippen molar-refractivity contribution < 1.29 is 9.59 Å². The highest BCUT2D eigenvalue weighted by Crippen LogP contribution is 2.40. The molecule has 2 fully saturated rings. The molecule has 2 aliphatic rings. The molecular weight excluding hydrogens is 288 g/mol. The van der Waals surface area contributed by atoms with Crippen molar-refractivity contribution in [1.82, 2.24) is 5.32 Å². The molecule has 0 aliphatic heterocycles. The molecule has 23 heavy (non-hydrogen) atoms. The van der Waals surface area contributed by atoms with Crippen molar-refractivity contribution in [3.63, 3.8) is 0 Å². The summed E-state index contributed by atoms with van der Waals surface area (Å²) in [4.78, 5) is 24.5. The lowest BCUT2D eigenvalue weighted by molar-refractivity contribution is -0.126. The Morgan fingerprint density at radius 1 is 0.957 bits per heavy atom. The lowest BCUT2D eigenvalue weighted by Crippen LogP contribution is -2.37. The predicted octanol–water partition coefficient (Wildman–Crippen LogP) is 3.33. The van der Waals surface area contributed by atoms with Gasteiger partial charge in [-0.05, 0) is 56.4 Å². The maximum Gasteiger partial charge on any atom is 0.228 e. The molecule has 2 atom stereocenters. The van der Waals surface area contributed by atoms with Crippen LogP contribution in [-0.2, 0) is 9.59 Å². The van der Waals surface area contributed by atoms with E-state index < -0.39 is 0 Å². The SMILES string of the molecule is Cc1ccc(NC(=O)C2CC2C(=O)NC2CCCCC2)cc1C. The molecule has 4 nitrogen and oxygen atoms in total. The zero-order valence-corrected chi connectivity index (χ0v) is 14.0. The van der Waals surface area contributed by atoms with Crippen molar-refractivity contribution in [1.29, 1.82) is 0 Å². The Morgan fingerprint density at radius 2 is 1.65 bits per heavy atom. The van der Waals surface area contributed by atoms with Gasteiger partial charge in [-0.2, -0.15) is 0 Å². The van der Waals surface area contributed by atoms with Gasteiger partial charge in [0.15, 0.2) is 0 Å². The topological polar surface area (TPSA) is 58.2 Å². The summed E-state index contributed by atoms with van der Waals surface area (Å²) in [5, 5.41) is 6.07. The molecule has 2 N–H and O–H groups in total. The van der Waals surface area contributed by atoms with Gasteiger partial charge >= 0.3 is 0 Å². The van der Waals surface area contributed by atoms with E-state index in [0.29, 0.717) is 12.5 Å². The Hall–Kier alpha value is -1.84. The summed E-state index contributed by atoms with van der Waals surface area (Å²) in [6.45, 7) is 4.08. The van der Waals surface area contributed by atoms with Crippen molar-refractivity contribution in [2.75, 3.05) is 5.32 Å². The standard InChI is InChI=1S/C19H26N2O2/c1-12-8-9-15(10-13(12)2)21-19(23)17-11-16(17)18(22)20-14-6-4-3-5-7-14/h8-10,14,16-17H,3-7,11H2,1-2H3,(H,20,22)(H,21,23). The minimum absolute atomic E-state index is 0.0305. The molecule has 2 saturated carbocycles. The minimum Gasteiger partial charge on any atom is -0.353 e. The van der Waals surface area contributed by atoms with Gasteiger partial charge in [0.2, 0.25) is 11.8 Å². The Bertz CT molecular complexity index is 605. The normalized spacial score (nSPS) is 24.1. The predicted molar refractivity (Wildman–Crippen MR) is 91.2 cm³/mol. The summed E-state index contributed by atoms with van der Waals surface area (Å²) < 4.78 is 0. The number of carbonyl (C=O) groups excluding carboxylic acids is 2. The molecule has 0 saturated heterocycles. The molecule has 1 aromatic carbocycles. The maximum atomic E-state index is 12.3. The molecule has 1 aromatic rings. The summed E-state index contributed by atoms with van der Waals surface area (Å²) in [6, 6.07) is 6.22. The number of hydrogen-bond donors (Lipinski definition) is 2. The minimum atomic E-state index is -0.166. The van der Waals surface area contributed by atoms with E-state index in [1.54, 1.807) is 0 Å². The molecule has 2 aliphatic carbocycles. The van der Waals surface area contributed by atoms with Crippen molar-refractivity contribution in [2.45, 2.75) is 58.4 Å². The van der Waals surface area contributed by atoms with Crippen LogP contribution in [0.25, 0.3) is 0 Å². The van der Waals surface area contributed by atoms with Crippen LogP contribution in [0.3, 0.4) is 0 Å². The van der Waals surface area contributed by atoms with Gasteiger partial charge < -0.3 is 10.6 Å². The van der Waals surface area contributed by atoms with Crippen LogP contribution in [0.1, 0.15) is 49.7 Å². The summed E-state index contributed by atoms with van der Waals surface area (Å²) >= 11 is 0. The first kappa shape index (κ1) is 16.0. The van der Waals surface area contributed by atoms with Crippen molar-refractivity contribution in [2.24, 2.45) is 11.8 Å². The van der Waals surface area contributed by atoms with Gasteiger partial charge in [0.1, 0.15) is 0 Å². The lowest BCUT2D eigenvalue weighted by Gasteiger charge is -2.22. The monoisotopic (exact) mass is 314 g/mol. The fraction of sp³-hybridized carbons (Fsp3) is 0.579. The highest BCUT2D eigenvalue weighted by atomic mass is 16.2. The number of carbonyl (C=O) groups is 2. The molecule has 0 heterocycles.